The Morgan fingerprint density at radius 2 is 1.82 bits per heavy atom. The van der Waals surface area contributed by atoms with Crippen LogP contribution in [0.15, 0.2) is 0 Å². The van der Waals surface area contributed by atoms with Crippen molar-refractivity contribution in [3.8, 4) is 0 Å². The summed E-state index contributed by atoms with van der Waals surface area (Å²) >= 11 is 0. The first-order chi connectivity index (χ1) is 10.1. The second-order valence-corrected chi connectivity index (χ2v) is 5.10. The van der Waals surface area contributed by atoms with Crippen LogP contribution in [0.4, 0.5) is 18.0 Å². The fourth-order valence-corrected chi connectivity index (χ4v) is 2.18. The predicted octanol–water partition coefficient (Wildman–Crippen LogP) is -1.49. The lowest BCUT2D eigenvalue weighted by Gasteiger charge is -2.18. The molecule has 8 nitrogen and oxygen atoms in total. The average Bonchev–Trinajstić information content (AvgIpc) is 2.77. The van der Waals surface area contributed by atoms with E-state index in [2.05, 4.69) is 5.32 Å². The molecule has 1 saturated heterocycles. The summed E-state index contributed by atoms with van der Waals surface area (Å²) in [5.74, 6) is -2.34. The molecule has 0 radical (unpaired) electrons. The topological polar surface area (TPSA) is 131 Å². The second kappa shape index (κ2) is 7.29. The largest absolute Gasteiger partial charge is 0.401 e. The van der Waals surface area contributed by atoms with Gasteiger partial charge in [-0.15, -0.1) is 0 Å². The zero-order chi connectivity index (χ0) is 16.9. The van der Waals surface area contributed by atoms with E-state index in [1.807, 2.05) is 5.32 Å². The van der Waals surface area contributed by atoms with Gasteiger partial charge in [0.1, 0.15) is 0 Å². The van der Waals surface area contributed by atoms with E-state index in [4.69, 9.17) is 11.5 Å². The molecule has 4 amide bonds. The number of nitrogens with two attached hydrogens (primary N) is 2. The van der Waals surface area contributed by atoms with E-state index < -0.39 is 36.6 Å². The van der Waals surface area contributed by atoms with Crippen molar-refractivity contribution in [3.05, 3.63) is 0 Å². The third-order valence-electron chi connectivity index (χ3n) is 3.17. The Kier molecular flexibility index (Phi) is 5.97. The Morgan fingerprint density at radius 3 is 2.32 bits per heavy atom. The maximum Gasteiger partial charge on any atom is 0.401 e. The zero-order valence-electron chi connectivity index (χ0n) is 11.7. The number of carbonyl (C=O) groups excluding carboxylic acids is 3. The van der Waals surface area contributed by atoms with Gasteiger partial charge in [0.2, 0.25) is 11.8 Å². The van der Waals surface area contributed by atoms with Gasteiger partial charge in [-0.3, -0.25) is 14.5 Å². The Balaban J connectivity index is 2.33. The second-order valence-electron chi connectivity index (χ2n) is 5.10. The van der Waals surface area contributed by atoms with Crippen LogP contribution in [0.3, 0.4) is 0 Å². The minimum atomic E-state index is -4.25. The molecule has 1 atom stereocenters. The molecule has 0 aliphatic carbocycles. The SMILES string of the molecule is NC(=O)C(NC(=O)NC[C@H]1CCN(CC(F)(F)F)C1)C(N)=O. The molecule has 1 aliphatic heterocycles. The standard InChI is InChI=1S/C11H18F3N5O3/c12-11(13,14)5-19-2-1-6(4-19)3-17-10(22)18-7(8(15)20)9(16)21/h6-7H,1-5H2,(H2,15,20)(H2,16,21)(H2,17,18,22)/t6-/m1/s1. The molecular weight excluding hydrogens is 307 g/mol. The van der Waals surface area contributed by atoms with E-state index in [0.29, 0.717) is 13.0 Å². The number of nitrogens with zero attached hydrogens (tertiary/aromatic N) is 1. The number of nitrogens with one attached hydrogen (secondary N) is 2. The molecule has 22 heavy (non-hydrogen) atoms. The normalized spacial score (nSPS) is 19.2. The maximum atomic E-state index is 12.2. The first-order valence-electron chi connectivity index (χ1n) is 6.50. The fraction of sp³-hybridized carbons (Fsp3) is 0.727. The van der Waals surface area contributed by atoms with Gasteiger partial charge in [-0.05, 0) is 18.9 Å². The highest BCUT2D eigenvalue weighted by molar-refractivity contribution is 6.05. The third kappa shape index (κ3) is 6.16. The number of hydrogen-bond acceptors (Lipinski definition) is 4. The Labute approximate surface area is 124 Å². The van der Waals surface area contributed by atoms with Crippen LogP contribution in [0, 0.1) is 5.92 Å². The van der Waals surface area contributed by atoms with Crippen LogP contribution in [-0.4, -0.2) is 61.1 Å². The van der Waals surface area contributed by atoms with Crippen molar-refractivity contribution in [2.24, 2.45) is 17.4 Å². The molecule has 0 bridgehead atoms. The smallest absolute Gasteiger partial charge is 0.367 e. The molecule has 11 heteroatoms. The van der Waals surface area contributed by atoms with Gasteiger partial charge in [0.15, 0.2) is 6.04 Å². The van der Waals surface area contributed by atoms with E-state index in [-0.39, 0.29) is 19.0 Å². The van der Waals surface area contributed by atoms with Gasteiger partial charge in [-0.25, -0.2) is 4.79 Å². The van der Waals surface area contributed by atoms with E-state index in [9.17, 15) is 27.6 Å². The van der Waals surface area contributed by atoms with Crippen molar-refractivity contribution in [3.63, 3.8) is 0 Å². The van der Waals surface area contributed by atoms with Crippen LogP contribution < -0.4 is 22.1 Å². The Morgan fingerprint density at radius 1 is 1.23 bits per heavy atom. The summed E-state index contributed by atoms with van der Waals surface area (Å²) in [6.45, 7) is -0.376. The van der Waals surface area contributed by atoms with Crippen molar-refractivity contribution < 1.29 is 27.6 Å². The van der Waals surface area contributed by atoms with E-state index in [0.717, 1.165) is 0 Å². The Bertz CT molecular complexity index is 429. The van der Waals surface area contributed by atoms with E-state index in [1.54, 1.807) is 0 Å². The molecule has 0 saturated carbocycles. The number of carbonyl (C=O) groups is 3. The summed E-state index contributed by atoms with van der Waals surface area (Å²) < 4.78 is 36.7. The van der Waals surface area contributed by atoms with Crippen molar-refractivity contribution in [2.45, 2.75) is 18.6 Å². The number of alkyl halides is 3. The molecule has 0 unspecified atom stereocenters. The molecular formula is C11H18F3N5O3. The number of primary amides is 2. The lowest BCUT2D eigenvalue weighted by Crippen LogP contribution is -2.55. The summed E-state index contributed by atoms with van der Waals surface area (Å²) in [5, 5.41) is 4.37. The van der Waals surface area contributed by atoms with Gasteiger partial charge >= 0.3 is 12.2 Å². The molecule has 6 N–H and O–H groups in total. The van der Waals surface area contributed by atoms with Crippen LogP contribution in [0.5, 0.6) is 0 Å². The minimum absolute atomic E-state index is 0.116. The number of halogens is 3. The summed E-state index contributed by atoms with van der Waals surface area (Å²) in [6, 6.07) is -2.47. The highest BCUT2D eigenvalue weighted by Gasteiger charge is 2.34. The quantitative estimate of drug-likeness (QED) is 0.443. The summed E-state index contributed by atoms with van der Waals surface area (Å²) in [5.41, 5.74) is 9.77. The Hall–Kier alpha value is -2.04. The number of likely N-dealkylation sites (tertiary alicyclic amines) is 1. The van der Waals surface area contributed by atoms with Crippen molar-refractivity contribution in [1.82, 2.24) is 15.5 Å². The van der Waals surface area contributed by atoms with Crippen LogP contribution in [-0.2, 0) is 9.59 Å². The predicted molar refractivity (Wildman–Crippen MR) is 69.3 cm³/mol. The van der Waals surface area contributed by atoms with Gasteiger partial charge < -0.3 is 22.1 Å². The maximum absolute atomic E-state index is 12.2. The van der Waals surface area contributed by atoms with Gasteiger partial charge in [-0.2, -0.15) is 13.2 Å². The minimum Gasteiger partial charge on any atom is -0.367 e. The number of rotatable bonds is 6. The molecule has 1 aliphatic rings. The lowest BCUT2D eigenvalue weighted by atomic mass is 10.1. The van der Waals surface area contributed by atoms with Crippen LogP contribution in [0.1, 0.15) is 6.42 Å². The lowest BCUT2D eigenvalue weighted by molar-refractivity contribution is -0.143. The molecule has 126 valence electrons. The fourth-order valence-electron chi connectivity index (χ4n) is 2.18. The van der Waals surface area contributed by atoms with Crippen LogP contribution in [0.25, 0.3) is 0 Å². The first kappa shape index (κ1) is 18.0. The van der Waals surface area contributed by atoms with Crippen LogP contribution in [0.2, 0.25) is 0 Å². The number of hydrogen-bond donors (Lipinski definition) is 4. The molecule has 0 aromatic heterocycles. The highest BCUT2D eigenvalue weighted by Crippen LogP contribution is 2.22. The average molecular weight is 325 g/mol. The molecule has 0 aromatic carbocycles. The third-order valence-corrected chi connectivity index (χ3v) is 3.17. The summed E-state index contributed by atoms with van der Waals surface area (Å²) in [4.78, 5) is 34.5. The van der Waals surface area contributed by atoms with Gasteiger partial charge in [0, 0.05) is 13.1 Å². The zero-order valence-corrected chi connectivity index (χ0v) is 11.7. The van der Waals surface area contributed by atoms with Gasteiger partial charge in [-0.1, -0.05) is 0 Å². The van der Waals surface area contributed by atoms with Crippen molar-refractivity contribution in [2.75, 3.05) is 26.2 Å². The number of urea groups is 1. The van der Waals surface area contributed by atoms with Crippen molar-refractivity contribution >= 4 is 17.8 Å². The first-order valence-corrected chi connectivity index (χ1v) is 6.50. The van der Waals surface area contributed by atoms with Crippen LogP contribution >= 0.6 is 0 Å². The summed E-state index contributed by atoms with van der Waals surface area (Å²) in [7, 11) is 0. The van der Waals surface area contributed by atoms with E-state index >= 15 is 0 Å². The van der Waals surface area contributed by atoms with Crippen molar-refractivity contribution in [1.29, 1.82) is 0 Å². The van der Waals surface area contributed by atoms with Gasteiger partial charge in [0.25, 0.3) is 0 Å². The molecule has 1 rings (SSSR count). The molecule has 0 aromatic rings. The molecule has 1 fully saturated rings. The monoisotopic (exact) mass is 325 g/mol. The molecule has 1 heterocycles. The molecule has 0 spiro atoms. The number of amides is 4. The van der Waals surface area contributed by atoms with E-state index in [1.165, 1.54) is 4.90 Å². The highest BCUT2D eigenvalue weighted by atomic mass is 19.4. The van der Waals surface area contributed by atoms with Gasteiger partial charge in [0.05, 0.1) is 6.54 Å². The summed E-state index contributed by atoms with van der Waals surface area (Å²) in [6.07, 6.45) is -3.75.